The van der Waals surface area contributed by atoms with Crippen LogP contribution >= 0.6 is 0 Å². The van der Waals surface area contributed by atoms with Crippen molar-refractivity contribution in [2.75, 3.05) is 6.54 Å². The van der Waals surface area contributed by atoms with Gasteiger partial charge in [-0.2, -0.15) is 0 Å². The van der Waals surface area contributed by atoms with Gasteiger partial charge in [0.05, 0.1) is 12.5 Å². The minimum Gasteiger partial charge on any atom is -0.333 e. The van der Waals surface area contributed by atoms with Crippen LogP contribution in [0, 0.1) is 0 Å². The summed E-state index contributed by atoms with van der Waals surface area (Å²) in [6, 6.07) is 3.88. The van der Waals surface area contributed by atoms with Gasteiger partial charge < -0.3 is 9.47 Å². The first-order chi connectivity index (χ1) is 9.72. The zero-order valence-electron chi connectivity index (χ0n) is 12.0. The van der Waals surface area contributed by atoms with Gasteiger partial charge in [0.2, 0.25) is 0 Å². The van der Waals surface area contributed by atoms with Crippen molar-refractivity contribution in [1.82, 2.24) is 19.4 Å². The number of unbranched alkanes of at least 4 members (excludes halogenated alkanes) is 1. The molecule has 2 aromatic rings. The first-order valence-electron chi connectivity index (χ1n) is 6.87. The zero-order chi connectivity index (χ0) is 14.4. The van der Waals surface area contributed by atoms with Gasteiger partial charge >= 0.3 is 0 Å². The Labute approximate surface area is 119 Å². The van der Waals surface area contributed by atoms with Crippen molar-refractivity contribution in [3.63, 3.8) is 0 Å². The highest BCUT2D eigenvalue weighted by molar-refractivity contribution is 5.92. The summed E-state index contributed by atoms with van der Waals surface area (Å²) in [6.45, 7) is 3.48. The maximum atomic E-state index is 12.6. The fourth-order valence-electron chi connectivity index (χ4n) is 2.04. The van der Waals surface area contributed by atoms with Crippen LogP contribution in [0.1, 0.15) is 35.8 Å². The lowest BCUT2D eigenvalue weighted by Gasteiger charge is -2.22. The van der Waals surface area contributed by atoms with Gasteiger partial charge in [-0.3, -0.25) is 9.78 Å². The Hall–Kier alpha value is -2.17. The van der Waals surface area contributed by atoms with E-state index in [1.165, 1.54) is 0 Å². The lowest BCUT2D eigenvalue weighted by atomic mass is 10.2. The predicted octanol–water partition coefficient (Wildman–Crippen LogP) is 2.26. The van der Waals surface area contributed by atoms with E-state index in [4.69, 9.17) is 0 Å². The maximum absolute atomic E-state index is 12.6. The molecular formula is C15H20N4O. The third-order valence-corrected chi connectivity index (χ3v) is 3.23. The smallest absolute Gasteiger partial charge is 0.272 e. The average Bonchev–Trinajstić information content (AvgIpc) is 2.90. The largest absolute Gasteiger partial charge is 0.333 e. The van der Waals surface area contributed by atoms with E-state index >= 15 is 0 Å². The summed E-state index contributed by atoms with van der Waals surface area (Å²) < 4.78 is 1.76. The first kappa shape index (κ1) is 14.2. The van der Waals surface area contributed by atoms with Gasteiger partial charge in [0.15, 0.2) is 0 Å². The van der Waals surface area contributed by atoms with Crippen LogP contribution in [0.25, 0.3) is 0 Å². The summed E-state index contributed by atoms with van der Waals surface area (Å²) in [5.41, 5.74) is 1.71. The van der Waals surface area contributed by atoms with Crippen molar-refractivity contribution >= 4 is 5.91 Å². The van der Waals surface area contributed by atoms with Crippen LogP contribution in [-0.2, 0) is 13.6 Å². The molecule has 0 aromatic carbocycles. The molecule has 2 rings (SSSR count). The number of aromatic nitrogens is 3. The van der Waals surface area contributed by atoms with Crippen molar-refractivity contribution in [3.8, 4) is 0 Å². The van der Waals surface area contributed by atoms with Gasteiger partial charge in [-0.1, -0.05) is 13.3 Å². The minimum atomic E-state index is 0.0234. The van der Waals surface area contributed by atoms with Crippen LogP contribution in [0.4, 0.5) is 0 Å². The number of carbonyl (C=O) groups is 1. The standard InChI is InChI=1S/C15H20N4O/c1-3-4-9-19(11-13-5-7-16-8-6-13)15(20)14-10-17-12-18(14)2/h5-8,10,12H,3-4,9,11H2,1-2H3. The second-order valence-corrected chi connectivity index (χ2v) is 4.83. The number of pyridine rings is 1. The highest BCUT2D eigenvalue weighted by Gasteiger charge is 2.18. The number of aryl methyl sites for hydroxylation is 1. The molecule has 0 fully saturated rings. The molecule has 5 nitrogen and oxygen atoms in total. The summed E-state index contributed by atoms with van der Waals surface area (Å²) in [5.74, 6) is 0.0234. The fourth-order valence-corrected chi connectivity index (χ4v) is 2.04. The Balaban J connectivity index is 2.15. The van der Waals surface area contributed by atoms with Crippen LogP contribution in [0.3, 0.4) is 0 Å². The molecule has 0 aliphatic carbocycles. The first-order valence-corrected chi connectivity index (χ1v) is 6.87. The summed E-state index contributed by atoms with van der Waals surface area (Å²) in [7, 11) is 1.84. The predicted molar refractivity (Wildman–Crippen MR) is 77.1 cm³/mol. The third kappa shape index (κ3) is 3.44. The number of nitrogens with zero attached hydrogens (tertiary/aromatic N) is 4. The molecule has 0 N–H and O–H groups in total. The molecule has 2 heterocycles. The van der Waals surface area contributed by atoms with Gasteiger partial charge in [-0.25, -0.2) is 4.98 Å². The van der Waals surface area contributed by atoms with Crippen molar-refractivity contribution in [2.24, 2.45) is 7.05 Å². The molecule has 2 aromatic heterocycles. The van der Waals surface area contributed by atoms with Gasteiger partial charge in [-0.15, -0.1) is 0 Å². The van der Waals surface area contributed by atoms with Crippen LogP contribution in [0.15, 0.2) is 37.1 Å². The highest BCUT2D eigenvalue weighted by atomic mass is 16.2. The monoisotopic (exact) mass is 272 g/mol. The van der Waals surface area contributed by atoms with Crippen molar-refractivity contribution in [2.45, 2.75) is 26.3 Å². The Morgan fingerprint density at radius 1 is 1.30 bits per heavy atom. The van der Waals surface area contributed by atoms with E-state index in [-0.39, 0.29) is 5.91 Å². The summed E-state index contributed by atoms with van der Waals surface area (Å²) in [6.07, 6.45) is 8.83. The van der Waals surface area contributed by atoms with Gasteiger partial charge in [0.1, 0.15) is 5.69 Å². The van der Waals surface area contributed by atoms with Crippen LogP contribution < -0.4 is 0 Å². The van der Waals surface area contributed by atoms with Crippen molar-refractivity contribution < 1.29 is 4.79 Å². The number of hydrogen-bond donors (Lipinski definition) is 0. The second kappa shape index (κ2) is 6.84. The molecular weight excluding hydrogens is 252 g/mol. The number of carbonyl (C=O) groups excluding carboxylic acids is 1. The van der Waals surface area contributed by atoms with Crippen molar-refractivity contribution in [3.05, 3.63) is 48.3 Å². The van der Waals surface area contributed by atoms with Gasteiger partial charge in [0.25, 0.3) is 5.91 Å². The van der Waals surface area contributed by atoms with Crippen molar-refractivity contribution in [1.29, 1.82) is 0 Å². The van der Waals surface area contributed by atoms with E-state index in [1.54, 1.807) is 29.5 Å². The topological polar surface area (TPSA) is 51.0 Å². The SMILES string of the molecule is CCCCN(Cc1ccncc1)C(=O)c1cncn1C. The van der Waals surface area contributed by atoms with Crippen LogP contribution in [0.2, 0.25) is 0 Å². The van der Waals surface area contributed by atoms with Gasteiger partial charge in [0, 0.05) is 32.5 Å². The number of amides is 1. The Morgan fingerprint density at radius 2 is 2.05 bits per heavy atom. The minimum absolute atomic E-state index is 0.0234. The molecule has 0 radical (unpaired) electrons. The maximum Gasteiger partial charge on any atom is 0.272 e. The Bertz CT molecular complexity index is 550. The van der Waals surface area contributed by atoms with Crippen LogP contribution in [0.5, 0.6) is 0 Å². The molecule has 20 heavy (non-hydrogen) atoms. The molecule has 5 heteroatoms. The summed E-state index contributed by atoms with van der Waals surface area (Å²) in [4.78, 5) is 22.5. The van der Waals surface area contributed by atoms with E-state index < -0.39 is 0 Å². The molecule has 0 unspecified atom stereocenters. The molecule has 0 bridgehead atoms. The average molecular weight is 272 g/mol. The number of imidazole rings is 1. The summed E-state index contributed by atoms with van der Waals surface area (Å²) in [5, 5.41) is 0. The van der Waals surface area contributed by atoms with E-state index in [1.807, 2.05) is 24.1 Å². The molecule has 0 saturated carbocycles. The lowest BCUT2D eigenvalue weighted by molar-refractivity contribution is 0.0731. The molecule has 0 aliphatic heterocycles. The Kier molecular flexibility index (Phi) is 4.87. The third-order valence-electron chi connectivity index (χ3n) is 3.23. The van der Waals surface area contributed by atoms with Gasteiger partial charge in [-0.05, 0) is 24.1 Å². The summed E-state index contributed by atoms with van der Waals surface area (Å²) >= 11 is 0. The zero-order valence-corrected chi connectivity index (χ0v) is 12.0. The van der Waals surface area contributed by atoms with E-state index in [0.717, 1.165) is 24.9 Å². The Morgan fingerprint density at radius 3 is 2.65 bits per heavy atom. The molecule has 0 saturated heterocycles. The highest BCUT2D eigenvalue weighted by Crippen LogP contribution is 2.10. The van der Waals surface area contributed by atoms with Crippen LogP contribution in [-0.4, -0.2) is 31.9 Å². The van der Waals surface area contributed by atoms with E-state index in [9.17, 15) is 4.79 Å². The molecule has 106 valence electrons. The second-order valence-electron chi connectivity index (χ2n) is 4.83. The van der Waals surface area contributed by atoms with E-state index in [0.29, 0.717) is 12.2 Å². The van der Waals surface area contributed by atoms with E-state index in [2.05, 4.69) is 16.9 Å². The lowest BCUT2D eigenvalue weighted by Crippen LogP contribution is -2.32. The number of rotatable bonds is 6. The normalized spacial score (nSPS) is 10.5. The number of hydrogen-bond acceptors (Lipinski definition) is 3. The molecule has 0 spiro atoms. The molecule has 0 aliphatic rings. The quantitative estimate of drug-likeness (QED) is 0.810. The molecule has 1 amide bonds. The fraction of sp³-hybridized carbons (Fsp3) is 0.400. The molecule has 0 atom stereocenters.